The highest BCUT2D eigenvalue weighted by atomic mass is 16.5. The summed E-state index contributed by atoms with van der Waals surface area (Å²) in [7, 11) is 0. The number of hydrogen-bond acceptors (Lipinski definition) is 2. The van der Waals surface area contributed by atoms with E-state index in [4.69, 9.17) is 4.74 Å². The third-order valence-corrected chi connectivity index (χ3v) is 5.51. The fourth-order valence-corrected chi connectivity index (χ4v) is 3.88. The largest absolute Gasteiger partial charge is 0.377 e. The Morgan fingerprint density at radius 1 is 1.20 bits per heavy atom. The molecule has 2 fully saturated rings. The van der Waals surface area contributed by atoms with Gasteiger partial charge in [0.1, 0.15) is 0 Å². The molecular weight excluding hydrogens is 246 g/mol. The molecule has 0 aliphatic heterocycles. The predicted octanol–water partition coefficient (Wildman–Crippen LogP) is 4.24. The van der Waals surface area contributed by atoms with Crippen molar-refractivity contribution in [3.8, 4) is 0 Å². The Kier molecular flexibility index (Phi) is 5.53. The fourth-order valence-electron chi connectivity index (χ4n) is 3.88. The van der Waals surface area contributed by atoms with Gasteiger partial charge in [0.05, 0.1) is 6.10 Å². The summed E-state index contributed by atoms with van der Waals surface area (Å²) in [4.78, 5) is 0. The minimum Gasteiger partial charge on any atom is -0.377 e. The first kappa shape index (κ1) is 16.3. The monoisotopic (exact) mass is 281 g/mol. The predicted molar refractivity (Wildman–Crippen MR) is 85.9 cm³/mol. The van der Waals surface area contributed by atoms with Crippen LogP contribution < -0.4 is 5.32 Å². The SMILES string of the molecule is CC(C)COC1CC(NCC2CCCC(C)C2)C1(C)C. The average Bonchev–Trinajstić information content (AvgIpc) is 2.36. The van der Waals surface area contributed by atoms with Crippen LogP contribution in [-0.2, 0) is 4.74 Å². The van der Waals surface area contributed by atoms with E-state index in [0.29, 0.717) is 23.5 Å². The molecule has 0 aromatic rings. The van der Waals surface area contributed by atoms with Crippen molar-refractivity contribution in [2.24, 2.45) is 23.2 Å². The van der Waals surface area contributed by atoms with Crippen LogP contribution in [0.2, 0.25) is 0 Å². The Balaban J connectivity index is 1.70. The quantitative estimate of drug-likeness (QED) is 0.786. The Bertz CT molecular complexity index is 300. The molecule has 2 rings (SSSR count). The van der Waals surface area contributed by atoms with Crippen LogP contribution in [0, 0.1) is 23.2 Å². The summed E-state index contributed by atoms with van der Waals surface area (Å²) in [6.07, 6.45) is 7.37. The van der Waals surface area contributed by atoms with Crippen molar-refractivity contribution < 1.29 is 4.74 Å². The van der Waals surface area contributed by atoms with Gasteiger partial charge in [-0.25, -0.2) is 0 Å². The number of ether oxygens (including phenoxy) is 1. The van der Waals surface area contributed by atoms with E-state index in [1.165, 1.54) is 38.6 Å². The lowest BCUT2D eigenvalue weighted by Gasteiger charge is -2.52. The molecule has 20 heavy (non-hydrogen) atoms. The molecule has 2 heteroatoms. The van der Waals surface area contributed by atoms with Crippen molar-refractivity contribution in [3.05, 3.63) is 0 Å². The molecule has 0 amide bonds. The minimum absolute atomic E-state index is 0.301. The second-order valence-corrected chi connectivity index (χ2v) is 8.37. The van der Waals surface area contributed by atoms with Crippen molar-refractivity contribution in [2.45, 2.75) is 78.9 Å². The van der Waals surface area contributed by atoms with Crippen LogP contribution in [0.4, 0.5) is 0 Å². The van der Waals surface area contributed by atoms with Gasteiger partial charge in [-0.2, -0.15) is 0 Å². The second kappa shape index (κ2) is 6.79. The van der Waals surface area contributed by atoms with Crippen LogP contribution >= 0.6 is 0 Å². The smallest absolute Gasteiger partial charge is 0.0656 e. The molecule has 118 valence electrons. The fraction of sp³-hybridized carbons (Fsp3) is 1.00. The van der Waals surface area contributed by atoms with Crippen LogP contribution in [0.5, 0.6) is 0 Å². The summed E-state index contributed by atoms with van der Waals surface area (Å²) in [5.74, 6) is 2.48. The summed E-state index contributed by atoms with van der Waals surface area (Å²) < 4.78 is 6.05. The van der Waals surface area contributed by atoms with E-state index in [-0.39, 0.29) is 0 Å². The van der Waals surface area contributed by atoms with Gasteiger partial charge in [-0.3, -0.25) is 0 Å². The summed E-state index contributed by atoms with van der Waals surface area (Å²) >= 11 is 0. The Hall–Kier alpha value is -0.0800. The molecular formula is C18H35NO. The molecule has 0 radical (unpaired) electrons. The molecule has 0 aromatic carbocycles. The van der Waals surface area contributed by atoms with Crippen molar-refractivity contribution in [3.63, 3.8) is 0 Å². The van der Waals surface area contributed by atoms with E-state index < -0.39 is 0 Å². The molecule has 0 bridgehead atoms. The molecule has 0 heterocycles. The van der Waals surface area contributed by atoms with Crippen LogP contribution in [0.15, 0.2) is 0 Å². The van der Waals surface area contributed by atoms with Crippen LogP contribution in [-0.4, -0.2) is 25.3 Å². The first-order valence-electron chi connectivity index (χ1n) is 8.74. The lowest BCUT2D eigenvalue weighted by Crippen LogP contribution is -2.61. The van der Waals surface area contributed by atoms with E-state index in [1.54, 1.807) is 0 Å². The highest BCUT2D eigenvalue weighted by Gasteiger charge is 2.48. The van der Waals surface area contributed by atoms with Crippen molar-refractivity contribution in [1.82, 2.24) is 5.32 Å². The summed E-state index contributed by atoms with van der Waals surface area (Å²) in [5, 5.41) is 3.84. The second-order valence-electron chi connectivity index (χ2n) is 8.37. The lowest BCUT2D eigenvalue weighted by molar-refractivity contribution is -0.124. The molecule has 0 saturated heterocycles. The standard InChI is InChI=1S/C18H35NO/c1-13(2)12-20-17-10-16(18(17,4)5)19-11-15-8-6-7-14(3)9-15/h13-17,19H,6-12H2,1-5H3. The third-order valence-electron chi connectivity index (χ3n) is 5.51. The number of hydrogen-bond donors (Lipinski definition) is 1. The summed E-state index contributed by atoms with van der Waals surface area (Å²) in [6.45, 7) is 13.7. The maximum absolute atomic E-state index is 6.05. The minimum atomic E-state index is 0.301. The molecule has 1 N–H and O–H groups in total. The first-order valence-corrected chi connectivity index (χ1v) is 8.74. The zero-order valence-corrected chi connectivity index (χ0v) is 14.2. The van der Waals surface area contributed by atoms with Gasteiger partial charge in [0.15, 0.2) is 0 Å². The molecule has 4 unspecified atom stereocenters. The molecule has 2 nitrogen and oxygen atoms in total. The van der Waals surface area contributed by atoms with Gasteiger partial charge in [-0.05, 0) is 43.6 Å². The van der Waals surface area contributed by atoms with Gasteiger partial charge in [0, 0.05) is 18.1 Å². The number of rotatable bonds is 6. The molecule has 2 saturated carbocycles. The van der Waals surface area contributed by atoms with E-state index in [2.05, 4.69) is 39.9 Å². The molecule has 0 spiro atoms. The molecule has 2 aliphatic rings. The maximum atomic E-state index is 6.05. The van der Waals surface area contributed by atoms with E-state index >= 15 is 0 Å². The van der Waals surface area contributed by atoms with Crippen LogP contribution in [0.25, 0.3) is 0 Å². The van der Waals surface area contributed by atoms with Gasteiger partial charge in [-0.1, -0.05) is 47.5 Å². The van der Waals surface area contributed by atoms with E-state index in [0.717, 1.165) is 18.4 Å². The van der Waals surface area contributed by atoms with Gasteiger partial charge in [0.25, 0.3) is 0 Å². The van der Waals surface area contributed by atoms with Gasteiger partial charge >= 0.3 is 0 Å². The first-order chi connectivity index (χ1) is 9.39. The zero-order chi connectivity index (χ0) is 14.8. The van der Waals surface area contributed by atoms with Gasteiger partial charge < -0.3 is 10.1 Å². The van der Waals surface area contributed by atoms with Crippen molar-refractivity contribution >= 4 is 0 Å². The van der Waals surface area contributed by atoms with Gasteiger partial charge in [0.2, 0.25) is 0 Å². The van der Waals surface area contributed by atoms with Gasteiger partial charge in [-0.15, -0.1) is 0 Å². The van der Waals surface area contributed by atoms with Crippen molar-refractivity contribution in [1.29, 1.82) is 0 Å². The van der Waals surface area contributed by atoms with E-state index in [9.17, 15) is 0 Å². The van der Waals surface area contributed by atoms with Crippen LogP contribution in [0.3, 0.4) is 0 Å². The molecule has 4 atom stereocenters. The lowest BCUT2D eigenvalue weighted by atomic mass is 9.64. The summed E-state index contributed by atoms with van der Waals surface area (Å²) in [5.41, 5.74) is 0.301. The maximum Gasteiger partial charge on any atom is 0.0656 e. The average molecular weight is 281 g/mol. The zero-order valence-electron chi connectivity index (χ0n) is 14.2. The Morgan fingerprint density at radius 2 is 1.95 bits per heavy atom. The third kappa shape index (κ3) is 3.98. The normalized spacial score (nSPS) is 36.9. The Labute approximate surface area is 126 Å². The van der Waals surface area contributed by atoms with Crippen molar-refractivity contribution in [2.75, 3.05) is 13.2 Å². The van der Waals surface area contributed by atoms with E-state index in [1.807, 2.05) is 0 Å². The number of nitrogens with one attached hydrogen (secondary N) is 1. The topological polar surface area (TPSA) is 21.3 Å². The molecule has 0 aromatic heterocycles. The van der Waals surface area contributed by atoms with Crippen LogP contribution in [0.1, 0.15) is 66.7 Å². The molecule has 2 aliphatic carbocycles. The highest BCUT2D eigenvalue weighted by molar-refractivity contribution is 5.03. The Morgan fingerprint density at radius 3 is 2.55 bits per heavy atom. The summed E-state index contributed by atoms with van der Waals surface area (Å²) in [6, 6.07) is 0.650. The highest BCUT2D eigenvalue weighted by Crippen LogP contribution is 2.43.